The molecule has 124 valence electrons. The molecule has 0 atom stereocenters. The molecule has 0 radical (unpaired) electrons. The van der Waals surface area contributed by atoms with Gasteiger partial charge >= 0.3 is 0 Å². The van der Waals surface area contributed by atoms with E-state index in [9.17, 15) is 19.3 Å². The lowest BCUT2D eigenvalue weighted by Crippen LogP contribution is -2.40. The molecule has 0 aliphatic heterocycles. The fourth-order valence-corrected chi connectivity index (χ4v) is 1.92. The van der Waals surface area contributed by atoms with Crippen molar-refractivity contribution in [1.82, 2.24) is 4.90 Å². The molecule has 0 fully saturated rings. The molecule has 4 N–H and O–H groups in total. The van der Waals surface area contributed by atoms with Gasteiger partial charge in [0, 0.05) is 13.6 Å². The van der Waals surface area contributed by atoms with Gasteiger partial charge in [0.15, 0.2) is 0 Å². The van der Waals surface area contributed by atoms with Crippen molar-refractivity contribution in [3.8, 4) is 0 Å². The summed E-state index contributed by atoms with van der Waals surface area (Å²) < 4.78 is 13.4. The number of nitro benzene ring substituents is 1. The van der Waals surface area contributed by atoms with Crippen molar-refractivity contribution in [3.63, 3.8) is 0 Å². The van der Waals surface area contributed by atoms with Gasteiger partial charge in [-0.15, -0.1) is 12.4 Å². The van der Waals surface area contributed by atoms with Crippen molar-refractivity contribution in [1.29, 1.82) is 0 Å². The number of nitrogen functional groups attached to an aromatic ring is 1. The number of nitrogens with two attached hydrogens (primary N) is 2. The molecule has 0 spiro atoms. The normalized spacial score (nSPS) is 10.8. The third kappa shape index (κ3) is 4.54. The van der Waals surface area contributed by atoms with E-state index in [1.165, 1.54) is 11.9 Å². The summed E-state index contributed by atoms with van der Waals surface area (Å²) in [5.41, 5.74) is 9.68. The molecular formula is C13H20ClFN4O3. The molecule has 1 amide bonds. The molecule has 1 rings (SSSR count). The van der Waals surface area contributed by atoms with Crippen molar-refractivity contribution >= 4 is 29.7 Å². The SMILES string of the molecule is CN(CC(C)(C)CN)C(=O)c1cc(F)cc([N+](=O)[O-])c1N.Cl. The van der Waals surface area contributed by atoms with Crippen LogP contribution in [0.2, 0.25) is 0 Å². The molecule has 0 saturated heterocycles. The van der Waals surface area contributed by atoms with Crippen molar-refractivity contribution in [2.24, 2.45) is 11.1 Å². The number of anilines is 1. The minimum Gasteiger partial charge on any atom is -0.393 e. The number of benzene rings is 1. The number of halogens is 2. The van der Waals surface area contributed by atoms with Gasteiger partial charge < -0.3 is 16.4 Å². The molecule has 1 aromatic carbocycles. The van der Waals surface area contributed by atoms with Crippen LogP contribution in [0.5, 0.6) is 0 Å². The Hall–Kier alpha value is -1.93. The molecule has 22 heavy (non-hydrogen) atoms. The molecule has 0 unspecified atom stereocenters. The van der Waals surface area contributed by atoms with E-state index >= 15 is 0 Å². The maximum Gasteiger partial charge on any atom is 0.295 e. The number of amides is 1. The van der Waals surface area contributed by atoms with Gasteiger partial charge in [0.05, 0.1) is 16.6 Å². The standard InChI is InChI=1S/C13H19FN4O3.ClH/c1-13(2,6-15)7-17(3)12(19)9-4-8(14)5-10(11(9)16)18(20)21;/h4-5H,6-7,15-16H2,1-3H3;1H. The maximum absolute atomic E-state index is 13.4. The van der Waals surface area contributed by atoms with Gasteiger partial charge in [-0.2, -0.15) is 0 Å². The Morgan fingerprint density at radius 1 is 1.45 bits per heavy atom. The minimum absolute atomic E-state index is 0. The van der Waals surface area contributed by atoms with E-state index in [2.05, 4.69) is 0 Å². The first-order chi connectivity index (χ1) is 9.59. The first-order valence-corrected chi connectivity index (χ1v) is 6.28. The Bertz CT molecular complexity index is 581. The number of carbonyl (C=O) groups is 1. The molecule has 0 bridgehead atoms. The Morgan fingerprint density at radius 2 is 2.00 bits per heavy atom. The summed E-state index contributed by atoms with van der Waals surface area (Å²) in [6, 6.07) is 1.59. The van der Waals surface area contributed by atoms with Crippen molar-refractivity contribution in [2.45, 2.75) is 13.8 Å². The third-order valence-corrected chi connectivity index (χ3v) is 3.11. The summed E-state index contributed by atoms with van der Waals surface area (Å²) in [4.78, 5) is 23.6. The summed E-state index contributed by atoms with van der Waals surface area (Å²) >= 11 is 0. The average molecular weight is 335 g/mol. The van der Waals surface area contributed by atoms with Crippen LogP contribution in [0.1, 0.15) is 24.2 Å². The van der Waals surface area contributed by atoms with Crippen LogP contribution in [0.25, 0.3) is 0 Å². The molecule has 0 aromatic heterocycles. The Labute approximate surface area is 134 Å². The molecule has 0 heterocycles. The van der Waals surface area contributed by atoms with Crippen LogP contribution in [0.4, 0.5) is 15.8 Å². The van der Waals surface area contributed by atoms with Crippen LogP contribution in [0.3, 0.4) is 0 Å². The van der Waals surface area contributed by atoms with Gasteiger partial charge in [0.25, 0.3) is 11.6 Å². The van der Waals surface area contributed by atoms with Crippen LogP contribution in [-0.2, 0) is 0 Å². The lowest BCUT2D eigenvalue weighted by molar-refractivity contribution is -0.384. The lowest BCUT2D eigenvalue weighted by Gasteiger charge is -2.29. The lowest BCUT2D eigenvalue weighted by atomic mass is 9.93. The quantitative estimate of drug-likeness (QED) is 0.484. The average Bonchev–Trinajstić information content (AvgIpc) is 2.39. The fraction of sp³-hybridized carbons (Fsp3) is 0.462. The Balaban J connectivity index is 0.00000441. The second kappa shape index (κ2) is 7.37. The number of rotatable bonds is 5. The fourth-order valence-electron chi connectivity index (χ4n) is 1.92. The summed E-state index contributed by atoms with van der Waals surface area (Å²) in [7, 11) is 1.51. The largest absolute Gasteiger partial charge is 0.393 e. The second-order valence-electron chi connectivity index (χ2n) is 5.67. The highest BCUT2D eigenvalue weighted by Crippen LogP contribution is 2.28. The molecule has 9 heteroatoms. The first-order valence-electron chi connectivity index (χ1n) is 6.28. The van der Waals surface area contributed by atoms with E-state index in [1.807, 2.05) is 13.8 Å². The molecule has 0 saturated carbocycles. The number of hydrogen-bond donors (Lipinski definition) is 2. The van der Waals surface area contributed by atoms with E-state index in [0.717, 1.165) is 6.07 Å². The summed E-state index contributed by atoms with van der Waals surface area (Å²) in [5, 5.41) is 10.8. The smallest absolute Gasteiger partial charge is 0.295 e. The highest BCUT2D eigenvalue weighted by Gasteiger charge is 2.26. The molecular weight excluding hydrogens is 315 g/mol. The van der Waals surface area contributed by atoms with E-state index in [1.54, 1.807) is 0 Å². The Kier molecular flexibility index (Phi) is 6.72. The van der Waals surface area contributed by atoms with E-state index < -0.39 is 22.3 Å². The highest BCUT2D eigenvalue weighted by atomic mass is 35.5. The summed E-state index contributed by atoms with van der Waals surface area (Å²) in [6.07, 6.45) is 0. The zero-order valence-electron chi connectivity index (χ0n) is 12.6. The number of nitrogens with zero attached hydrogens (tertiary/aromatic N) is 2. The molecule has 7 nitrogen and oxygen atoms in total. The van der Waals surface area contributed by atoms with Crippen LogP contribution in [0.15, 0.2) is 12.1 Å². The van der Waals surface area contributed by atoms with Gasteiger partial charge in [-0.1, -0.05) is 13.8 Å². The number of hydrogen-bond acceptors (Lipinski definition) is 5. The van der Waals surface area contributed by atoms with Gasteiger partial charge in [-0.3, -0.25) is 14.9 Å². The van der Waals surface area contributed by atoms with Gasteiger partial charge in [0.2, 0.25) is 0 Å². The zero-order chi connectivity index (χ0) is 16.4. The van der Waals surface area contributed by atoms with Gasteiger partial charge in [-0.05, 0) is 18.0 Å². The number of nitro groups is 1. The first kappa shape index (κ1) is 20.1. The third-order valence-electron chi connectivity index (χ3n) is 3.11. The van der Waals surface area contributed by atoms with Crippen molar-refractivity contribution < 1.29 is 14.1 Å². The van der Waals surface area contributed by atoms with Crippen LogP contribution in [-0.4, -0.2) is 35.9 Å². The summed E-state index contributed by atoms with van der Waals surface area (Å²) in [6.45, 7) is 4.40. The maximum atomic E-state index is 13.4. The van der Waals surface area contributed by atoms with Crippen LogP contribution >= 0.6 is 12.4 Å². The predicted octanol–water partition coefficient (Wildman–Crippen LogP) is 1.79. The van der Waals surface area contributed by atoms with Crippen molar-refractivity contribution in [2.75, 3.05) is 25.9 Å². The molecule has 1 aromatic rings. The predicted molar refractivity (Wildman–Crippen MR) is 84.5 cm³/mol. The van der Waals surface area contributed by atoms with Gasteiger partial charge in [0.1, 0.15) is 11.5 Å². The van der Waals surface area contributed by atoms with Crippen LogP contribution < -0.4 is 11.5 Å². The molecule has 0 aliphatic rings. The highest BCUT2D eigenvalue weighted by molar-refractivity contribution is 6.00. The monoisotopic (exact) mass is 334 g/mol. The molecule has 0 aliphatic carbocycles. The second-order valence-corrected chi connectivity index (χ2v) is 5.67. The van der Waals surface area contributed by atoms with Crippen molar-refractivity contribution in [3.05, 3.63) is 33.6 Å². The van der Waals surface area contributed by atoms with E-state index in [-0.39, 0.29) is 29.1 Å². The van der Waals surface area contributed by atoms with E-state index in [0.29, 0.717) is 19.2 Å². The minimum atomic E-state index is -0.884. The Morgan fingerprint density at radius 3 is 2.45 bits per heavy atom. The van der Waals surface area contributed by atoms with Crippen LogP contribution in [0, 0.1) is 21.3 Å². The zero-order valence-corrected chi connectivity index (χ0v) is 13.4. The van der Waals surface area contributed by atoms with Gasteiger partial charge in [-0.25, -0.2) is 4.39 Å². The number of carbonyl (C=O) groups excluding carboxylic acids is 1. The van der Waals surface area contributed by atoms with E-state index in [4.69, 9.17) is 11.5 Å². The summed E-state index contributed by atoms with van der Waals surface area (Å²) in [5.74, 6) is -1.47. The topological polar surface area (TPSA) is 115 Å².